The molecule has 2 N–H and O–H groups in total. The lowest BCUT2D eigenvalue weighted by atomic mass is 10.00. The zero-order valence-electron chi connectivity index (χ0n) is 13.6. The molecule has 0 saturated carbocycles. The molecule has 122 valence electrons. The first-order chi connectivity index (χ1) is 11.8. The van der Waals surface area contributed by atoms with Crippen LogP contribution < -0.4 is 10.6 Å². The van der Waals surface area contributed by atoms with E-state index in [1.165, 1.54) is 0 Å². The van der Waals surface area contributed by atoms with E-state index in [0.717, 1.165) is 30.7 Å². The number of amides is 1. The summed E-state index contributed by atoms with van der Waals surface area (Å²) in [6.45, 7) is 1.82. The average molecular weight is 318 g/mol. The van der Waals surface area contributed by atoms with Gasteiger partial charge in [0.25, 0.3) is 5.91 Å². The molecule has 3 aliphatic rings. The maximum absolute atomic E-state index is 12.4. The van der Waals surface area contributed by atoms with Gasteiger partial charge in [-0.1, -0.05) is 66.8 Å². The lowest BCUT2D eigenvalue weighted by Gasteiger charge is -2.12. The zero-order chi connectivity index (χ0) is 16.6. The van der Waals surface area contributed by atoms with Gasteiger partial charge in [0.05, 0.1) is 0 Å². The summed E-state index contributed by atoms with van der Waals surface area (Å²) < 4.78 is 0. The smallest absolute Gasteiger partial charge is 0.251 e. The topological polar surface area (TPSA) is 41.1 Å². The van der Waals surface area contributed by atoms with Crippen molar-refractivity contribution in [2.45, 2.75) is 12.5 Å². The molecule has 3 rings (SSSR count). The third-order valence-electron chi connectivity index (χ3n) is 4.09. The third-order valence-corrected chi connectivity index (χ3v) is 4.09. The number of hydrogen-bond donors (Lipinski definition) is 2. The molecule has 2 aliphatic carbocycles. The Hall–Kier alpha value is -2.65. The highest BCUT2D eigenvalue weighted by atomic mass is 16.1. The van der Waals surface area contributed by atoms with Gasteiger partial charge in [-0.3, -0.25) is 4.79 Å². The summed E-state index contributed by atoms with van der Waals surface area (Å²) in [6.07, 6.45) is 26.8. The second kappa shape index (κ2) is 8.27. The molecule has 1 amide bonds. The highest BCUT2D eigenvalue weighted by Gasteiger charge is 2.17. The highest BCUT2D eigenvalue weighted by Crippen LogP contribution is 2.18. The molecule has 3 nitrogen and oxygen atoms in total. The van der Waals surface area contributed by atoms with E-state index >= 15 is 0 Å². The van der Waals surface area contributed by atoms with Gasteiger partial charge in [0.2, 0.25) is 0 Å². The second-order valence-corrected chi connectivity index (χ2v) is 5.88. The number of allylic oxidation sites excluding steroid dienone is 14. The summed E-state index contributed by atoms with van der Waals surface area (Å²) in [4.78, 5) is 12.4. The van der Waals surface area contributed by atoms with Crippen LogP contribution in [0.15, 0.2) is 95.7 Å². The van der Waals surface area contributed by atoms with Crippen LogP contribution in [0.4, 0.5) is 0 Å². The molecule has 24 heavy (non-hydrogen) atoms. The predicted octanol–water partition coefficient (Wildman–Crippen LogP) is 3.05. The number of carbonyl (C=O) groups excluding carboxylic acids is 1. The highest BCUT2D eigenvalue weighted by molar-refractivity contribution is 5.97. The van der Waals surface area contributed by atoms with E-state index in [0.29, 0.717) is 5.57 Å². The first kappa shape index (κ1) is 16.2. The molecule has 1 atom stereocenters. The molecule has 0 radical (unpaired) electrons. The molecule has 0 bridgehead atoms. The van der Waals surface area contributed by atoms with Crippen LogP contribution in [0.3, 0.4) is 0 Å². The molecule has 0 unspecified atom stereocenters. The Kier molecular flexibility index (Phi) is 5.59. The van der Waals surface area contributed by atoms with E-state index in [4.69, 9.17) is 0 Å². The Morgan fingerprint density at radius 3 is 2.42 bits per heavy atom. The van der Waals surface area contributed by atoms with Gasteiger partial charge >= 0.3 is 0 Å². The molecular formula is C21H22N2O. The van der Waals surface area contributed by atoms with E-state index in [9.17, 15) is 4.79 Å². The minimum atomic E-state index is -0.0177. The maximum Gasteiger partial charge on any atom is 0.251 e. The molecule has 0 aromatic carbocycles. The predicted molar refractivity (Wildman–Crippen MR) is 99.4 cm³/mol. The summed E-state index contributed by atoms with van der Waals surface area (Å²) in [6, 6.07) is 0.226. The molecule has 0 spiro atoms. The van der Waals surface area contributed by atoms with Crippen LogP contribution in [-0.2, 0) is 4.79 Å². The monoisotopic (exact) mass is 318 g/mol. The second-order valence-electron chi connectivity index (χ2n) is 5.88. The van der Waals surface area contributed by atoms with Gasteiger partial charge in [-0.05, 0) is 36.3 Å². The summed E-state index contributed by atoms with van der Waals surface area (Å²) in [7, 11) is 0. The SMILES string of the molecule is O=C(N[C@@H]1CCNC1)C1=C\C=C/C=C(C2=C/C=C\C=C/C=C\2)\C=C/1. The molecule has 1 heterocycles. The van der Waals surface area contributed by atoms with Crippen molar-refractivity contribution in [3.8, 4) is 0 Å². The average Bonchev–Trinajstić information content (AvgIpc) is 3.01. The van der Waals surface area contributed by atoms with Gasteiger partial charge in [0, 0.05) is 18.2 Å². The number of nitrogens with one attached hydrogen (secondary N) is 2. The fourth-order valence-electron chi connectivity index (χ4n) is 2.76. The molecule has 1 aliphatic heterocycles. The summed E-state index contributed by atoms with van der Waals surface area (Å²) >= 11 is 0. The number of hydrogen-bond acceptors (Lipinski definition) is 2. The van der Waals surface area contributed by atoms with Crippen LogP contribution in [0.1, 0.15) is 6.42 Å². The lowest BCUT2D eigenvalue weighted by molar-refractivity contribution is -0.117. The normalized spacial score (nSPS) is 36.0. The summed E-state index contributed by atoms with van der Waals surface area (Å²) in [5.74, 6) is -0.0177. The fourth-order valence-corrected chi connectivity index (χ4v) is 2.76. The third kappa shape index (κ3) is 4.43. The number of carbonyl (C=O) groups is 1. The van der Waals surface area contributed by atoms with Gasteiger partial charge in [0.15, 0.2) is 0 Å². The van der Waals surface area contributed by atoms with Crippen LogP contribution >= 0.6 is 0 Å². The van der Waals surface area contributed by atoms with E-state index in [1.54, 1.807) is 0 Å². The molecule has 0 aromatic heterocycles. The fraction of sp³-hybridized carbons (Fsp3) is 0.190. The van der Waals surface area contributed by atoms with Crippen LogP contribution in [0, 0.1) is 0 Å². The lowest BCUT2D eigenvalue weighted by Crippen LogP contribution is -2.36. The van der Waals surface area contributed by atoms with Crippen LogP contribution in [0.2, 0.25) is 0 Å². The maximum atomic E-state index is 12.4. The quantitative estimate of drug-likeness (QED) is 0.840. The molecule has 1 saturated heterocycles. The number of rotatable bonds is 3. The van der Waals surface area contributed by atoms with Crippen molar-refractivity contribution < 1.29 is 4.79 Å². The first-order valence-corrected chi connectivity index (χ1v) is 8.33. The van der Waals surface area contributed by atoms with Crippen molar-refractivity contribution >= 4 is 5.91 Å². The van der Waals surface area contributed by atoms with Gasteiger partial charge in [-0.15, -0.1) is 0 Å². The van der Waals surface area contributed by atoms with Crippen molar-refractivity contribution in [3.05, 3.63) is 95.7 Å². The summed E-state index contributed by atoms with van der Waals surface area (Å²) in [5, 5.41) is 6.35. The molecule has 3 heteroatoms. The van der Waals surface area contributed by atoms with Crippen LogP contribution in [0.25, 0.3) is 0 Å². The van der Waals surface area contributed by atoms with Crippen molar-refractivity contribution in [2.75, 3.05) is 13.1 Å². The largest absolute Gasteiger partial charge is 0.348 e. The molecular weight excluding hydrogens is 296 g/mol. The Balaban J connectivity index is 1.73. The van der Waals surface area contributed by atoms with E-state index in [-0.39, 0.29) is 11.9 Å². The van der Waals surface area contributed by atoms with Gasteiger partial charge < -0.3 is 10.6 Å². The van der Waals surface area contributed by atoms with E-state index < -0.39 is 0 Å². The Labute approximate surface area is 143 Å². The molecule has 0 aromatic rings. The van der Waals surface area contributed by atoms with Crippen molar-refractivity contribution in [3.63, 3.8) is 0 Å². The van der Waals surface area contributed by atoms with E-state index in [2.05, 4.69) is 28.9 Å². The van der Waals surface area contributed by atoms with Crippen molar-refractivity contribution in [1.82, 2.24) is 10.6 Å². The van der Waals surface area contributed by atoms with Gasteiger partial charge in [-0.2, -0.15) is 0 Å². The standard InChI is InChI=1S/C21H22N2O/c24-21(23-20-14-15-22-16-20)19-11-7-6-10-18(12-13-19)17-8-4-2-1-3-5-9-17/h1-13,20,22H,14-16H2,(H,23,24)/b2-1-,3-1?,4-2?,5-3-,7-6-,8-4-,9-5?,10-6?,11-7?,13-12-,17-8?,17-9+,18-10+,18-12?,19-11+,19-13?/t20-/m1/s1. The summed E-state index contributed by atoms with van der Waals surface area (Å²) in [5.41, 5.74) is 2.86. The Morgan fingerprint density at radius 2 is 1.58 bits per heavy atom. The van der Waals surface area contributed by atoms with Crippen molar-refractivity contribution in [1.29, 1.82) is 0 Å². The van der Waals surface area contributed by atoms with E-state index in [1.807, 2.05) is 60.8 Å². The van der Waals surface area contributed by atoms with Gasteiger partial charge in [0.1, 0.15) is 0 Å². The van der Waals surface area contributed by atoms with Crippen LogP contribution in [0.5, 0.6) is 0 Å². The Bertz CT molecular complexity index is 721. The molecule has 1 fully saturated rings. The van der Waals surface area contributed by atoms with Crippen molar-refractivity contribution in [2.24, 2.45) is 0 Å². The minimum Gasteiger partial charge on any atom is -0.348 e. The first-order valence-electron chi connectivity index (χ1n) is 8.33. The zero-order valence-corrected chi connectivity index (χ0v) is 13.6. The Morgan fingerprint density at radius 1 is 0.875 bits per heavy atom. The minimum absolute atomic E-state index is 0.0177. The van der Waals surface area contributed by atoms with Gasteiger partial charge in [-0.25, -0.2) is 0 Å². The van der Waals surface area contributed by atoms with Crippen LogP contribution in [-0.4, -0.2) is 25.0 Å².